The number of hydrogen-bond donors (Lipinski definition) is 2. The molecule has 0 heterocycles. The maximum absolute atomic E-state index is 13.9. The van der Waals surface area contributed by atoms with Gasteiger partial charge in [0.2, 0.25) is 0 Å². The number of hydrogen-bond acceptors (Lipinski definition) is 3. The van der Waals surface area contributed by atoms with E-state index in [2.05, 4.69) is 13.8 Å². The van der Waals surface area contributed by atoms with Crippen LogP contribution in [-0.2, 0) is 0 Å². The number of carboxylic acids is 1. The Hall–Kier alpha value is -2.01. The smallest absolute Gasteiger partial charge is 0.337 e. The fourth-order valence-corrected chi connectivity index (χ4v) is 2.74. The third-order valence-electron chi connectivity index (χ3n) is 3.11. The van der Waals surface area contributed by atoms with E-state index >= 15 is 0 Å². The zero-order valence-corrected chi connectivity index (χ0v) is 12.6. The first kappa shape index (κ1) is 15.4. The monoisotopic (exact) mass is 305 g/mol. The molecule has 110 valence electrons. The van der Waals surface area contributed by atoms with Crippen LogP contribution in [-0.4, -0.2) is 11.1 Å². The van der Waals surface area contributed by atoms with Gasteiger partial charge >= 0.3 is 5.97 Å². The number of halogens is 1. The van der Waals surface area contributed by atoms with Crippen LogP contribution in [0.2, 0.25) is 0 Å². The number of nitrogens with two attached hydrogens (primary N) is 1. The van der Waals surface area contributed by atoms with Crippen LogP contribution < -0.4 is 5.73 Å². The minimum absolute atomic E-state index is 0.0699. The summed E-state index contributed by atoms with van der Waals surface area (Å²) in [7, 11) is 0. The second-order valence-electron chi connectivity index (χ2n) is 5.00. The summed E-state index contributed by atoms with van der Waals surface area (Å²) in [5.41, 5.74) is 6.55. The van der Waals surface area contributed by atoms with Crippen LogP contribution in [0.15, 0.2) is 46.2 Å². The number of rotatable bonds is 4. The summed E-state index contributed by atoms with van der Waals surface area (Å²) in [6, 6.07) is 10.1. The molecule has 0 spiro atoms. The van der Waals surface area contributed by atoms with Crippen molar-refractivity contribution in [1.82, 2.24) is 0 Å². The zero-order valence-electron chi connectivity index (χ0n) is 11.8. The molecule has 0 atom stereocenters. The van der Waals surface area contributed by atoms with Gasteiger partial charge in [-0.25, -0.2) is 9.18 Å². The van der Waals surface area contributed by atoms with Crippen molar-refractivity contribution in [2.45, 2.75) is 29.6 Å². The molecule has 0 fully saturated rings. The second-order valence-corrected chi connectivity index (χ2v) is 6.12. The molecule has 0 aliphatic rings. The molecule has 21 heavy (non-hydrogen) atoms. The topological polar surface area (TPSA) is 63.3 Å². The summed E-state index contributed by atoms with van der Waals surface area (Å²) in [4.78, 5) is 12.1. The van der Waals surface area contributed by atoms with E-state index in [1.807, 2.05) is 24.3 Å². The lowest BCUT2D eigenvalue weighted by Crippen LogP contribution is -2.03. The van der Waals surface area contributed by atoms with Gasteiger partial charge < -0.3 is 10.8 Å². The Bertz CT molecular complexity index is 669. The molecule has 2 aromatic rings. The van der Waals surface area contributed by atoms with E-state index in [1.165, 1.54) is 23.4 Å². The first-order valence-corrected chi connectivity index (χ1v) is 7.30. The SMILES string of the molecule is CC(C)c1ccc(Sc2cc(C(=O)O)c(N)cc2F)cc1. The van der Waals surface area contributed by atoms with Gasteiger partial charge in [-0.05, 0) is 35.7 Å². The number of nitrogen functional groups attached to an aromatic ring is 1. The molecule has 2 aromatic carbocycles. The normalized spacial score (nSPS) is 10.9. The molecule has 0 bridgehead atoms. The van der Waals surface area contributed by atoms with Gasteiger partial charge in [0, 0.05) is 15.5 Å². The van der Waals surface area contributed by atoms with Gasteiger partial charge in [0.25, 0.3) is 0 Å². The number of anilines is 1. The Morgan fingerprint density at radius 2 is 1.86 bits per heavy atom. The molecule has 0 saturated heterocycles. The van der Waals surface area contributed by atoms with Crippen LogP contribution in [0.1, 0.15) is 35.7 Å². The van der Waals surface area contributed by atoms with E-state index in [0.29, 0.717) is 5.92 Å². The van der Waals surface area contributed by atoms with Crippen molar-refractivity contribution in [3.05, 3.63) is 53.3 Å². The van der Waals surface area contributed by atoms with E-state index in [-0.39, 0.29) is 16.1 Å². The molecule has 3 nitrogen and oxygen atoms in total. The number of aromatic carboxylic acids is 1. The number of carbonyl (C=O) groups is 1. The summed E-state index contributed by atoms with van der Waals surface area (Å²) in [5.74, 6) is -1.25. The molecule has 0 amide bonds. The van der Waals surface area contributed by atoms with Crippen molar-refractivity contribution in [2.75, 3.05) is 5.73 Å². The average Bonchev–Trinajstić information content (AvgIpc) is 2.42. The summed E-state index contributed by atoms with van der Waals surface area (Å²) in [5, 5.41) is 9.03. The van der Waals surface area contributed by atoms with Crippen LogP contribution >= 0.6 is 11.8 Å². The number of benzene rings is 2. The Morgan fingerprint density at radius 1 is 1.24 bits per heavy atom. The minimum atomic E-state index is -1.16. The van der Waals surface area contributed by atoms with Crippen molar-refractivity contribution in [2.24, 2.45) is 0 Å². The van der Waals surface area contributed by atoms with Gasteiger partial charge in [0.15, 0.2) is 0 Å². The third kappa shape index (κ3) is 3.55. The predicted octanol–water partition coefficient (Wildman–Crippen LogP) is 4.38. The summed E-state index contributed by atoms with van der Waals surface area (Å²) in [6.45, 7) is 4.20. The molecule has 2 rings (SSSR count). The highest BCUT2D eigenvalue weighted by Gasteiger charge is 2.14. The fourth-order valence-electron chi connectivity index (χ4n) is 1.88. The van der Waals surface area contributed by atoms with Crippen LogP contribution in [0.25, 0.3) is 0 Å². The average molecular weight is 305 g/mol. The van der Waals surface area contributed by atoms with Crippen LogP contribution in [0.4, 0.5) is 10.1 Å². The molecule has 0 aromatic heterocycles. The molecule has 0 aliphatic carbocycles. The van der Waals surface area contributed by atoms with E-state index in [4.69, 9.17) is 10.8 Å². The largest absolute Gasteiger partial charge is 0.478 e. The third-order valence-corrected chi connectivity index (χ3v) is 4.15. The van der Waals surface area contributed by atoms with Gasteiger partial charge in [-0.2, -0.15) is 0 Å². The first-order valence-electron chi connectivity index (χ1n) is 6.48. The quantitative estimate of drug-likeness (QED) is 0.823. The summed E-state index contributed by atoms with van der Waals surface area (Å²) < 4.78 is 13.9. The maximum atomic E-state index is 13.9. The molecule has 5 heteroatoms. The molecular weight excluding hydrogens is 289 g/mol. The Labute approximate surface area is 127 Å². The Morgan fingerprint density at radius 3 is 2.38 bits per heavy atom. The van der Waals surface area contributed by atoms with Crippen molar-refractivity contribution in [3.8, 4) is 0 Å². The first-order chi connectivity index (χ1) is 9.88. The van der Waals surface area contributed by atoms with E-state index in [1.54, 1.807) is 0 Å². The van der Waals surface area contributed by atoms with Crippen molar-refractivity contribution >= 4 is 23.4 Å². The van der Waals surface area contributed by atoms with Crippen molar-refractivity contribution < 1.29 is 14.3 Å². The minimum Gasteiger partial charge on any atom is -0.478 e. The Balaban J connectivity index is 2.30. The van der Waals surface area contributed by atoms with Crippen molar-refractivity contribution in [1.29, 1.82) is 0 Å². The van der Waals surface area contributed by atoms with Gasteiger partial charge in [-0.3, -0.25) is 0 Å². The fraction of sp³-hybridized carbons (Fsp3) is 0.188. The second kappa shape index (κ2) is 6.18. The maximum Gasteiger partial charge on any atom is 0.337 e. The summed E-state index contributed by atoms with van der Waals surface area (Å²) >= 11 is 1.18. The van der Waals surface area contributed by atoms with E-state index < -0.39 is 11.8 Å². The highest BCUT2D eigenvalue weighted by Crippen LogP contribution is 2.33. The van der Waals surface area contributed by atoms with Crippen LogP contribution in [0.3, 0.4) is 0 Å². The molecule has 0 saturated carbocycles. The molecule has 0 radical (unpaired) electrons. The van der Waals surface area contributed by atoms with E-state index in [9.17, 15) is 9.18 Å². The molecule has 3 N–H and O–H groups in total. The van der Waals surface area contributed by atoms with E-state index in [0.717, 1.165) is 11.0 Å². The lowest BCUT2D eigenvalue weighted by atomic mass is 10.0. The van der Waals surface area contributed by atoms with Crippen LogP contribution in [0.5, 0.6) is 0 Å². The van der Waals surface area contributed by atoms with Crippen molar-refractivity contribution in [3.63, 3.8) is 0 Å². The lowest BCUT2D eigenvalue weighted by Gasteiger charge is -2.09. The van der Waals surface area contributed by atoms with Gasteiger partial charge in [0.1, 0.15) is 5.82 Å². The molecular formula is C16H16FNO2S. The van der Waals surface area contributed by atoms with Crippen LogP contribution in [0, 0.1) is 5.82 Å². The standard InChI is InChI=1S/C16H16FNO2S/c1-9(2)10-3-5-11(6-4-10)21-15-7-12(16(19)20)14(18)8-13(15)17/h3-9H,18H2,1-2H3,(H,19,20). The number of carboxylic acid groups (broad SMARTS) is 1. The summed E-state index contributed by atoms with van der Waals surface area (Å²) in [6.07, 6.45) is 0. The Kier molecular flexibility index (Phi) is 4.53. The van der Waals surface area contributed by atoms with Gasteiger partial charge in [-0.1, -0.05) is 37.7 Å². The lowest BCUT2D eigenvalue weighted by molar-refractivity contribution is 0.0697. The van der Waals surface area contributed by atoms with Gasteiger partial charge in [-0.15, -0.1) is 0 Å². The molecule has 0 unspecified atom stereocenters. The predicted molar refractivity (Wildman–Crippen MR) is 82.4 cm³/mol. The zero-order chi connectivity index (χ0) is 15.6. The highest BCUT2D eigenvalue weighted by atomic mass is 32.2. The van der Waals surface area contributed by atoms with Gasteiger partial charge in [0.05, 0.1) is 5.56 Å². The molecule has 0 aliphatic heterocycles. The highest BCUT2D eigenvalue weighted by molar-refractivity contribution is 7.99.